The van der Waals surface area contributed by atoms with Crippen molar-refractivity contribution in [2.24, 2.45) is 0 Å². The Morgan fingerprint density at radius 2 is 0.855 bits per heavy atom. The van der Waals surface area contributed by atoms with Gasteiger partial charge in [0.1, 0.15) is 0 Å². The molecule has 3 aromatic heterocycles. The Hall–Kier alpha value is -8.34. The van der Waals surface area contributed by atoms with Gasteiger partial charge in [0.25, 0.3) is 0 Å². The SMILES string of the molecule is c1ccc(-c2cc(-c3ccccc3)c3c(c2)c2c(-c4ccccc4)cccc2n3-c2ccc(N(c3ccc(-c4ccncc4)cc3)c3ccc(-c4cccnc4)cc3)cc2)cc1. The maximum absolute atomic E-state index is 4.36. The first-order chi connectivity index (χ1) is 30.8. The van der Waals surface area contributed by atoms with Gasteiger partial charge in [-0.05, 0) is 135 Å². The average molecular weight is 793 g/mol. The molecular formula is C58H40N4. The molecule has 0 fully saturated rings. The van der Waals surface area contributed by atoms with Crippen LogP contribution in [0.1, 0.15) is 0 Å². The van der Waals surface area contributed by atoms with Crippen molar-refractivity contribution in [1.82, 2.24) is 14.5 Å². The fourth-order valence-corrected chi connectivity index (χ4v) is 8.84. The first kappa shape index (κ1) is 36.7. The zero-order valence-corrected chi connectivity index (χ0v) is 33.9. The van der Waals surface area contributed by atoms with Gasteiger partial charge in [0.05, 0.1) is 11.0 Å². The molecule has 0 radical (unpaired) electrons. The van der Waals surface area contributed by atoms with Gasteiger partial charge in [0.2, 0.25) is 0 Å². The molecule has 0 unspecified atom stereocenters. The standard InChI is InChI=1S/C58H40N4/c1-4-12-41(13-5-1)48-38-54(46-16-8-3-9-17-46)58-55(39-48)57-53(45-14-6-2-7-15-45)19-10-20-56(57)62(58)52-31-29-51(30-32-52)61(49-25-21-42(22-26-49)44-33-36-59-37-34-44)50-27-23-43(24-28-50)47-18-11-35-60-40-47/h1-40H. The highest BCUT2D eigenvalue weighted by atomic mass is 15.1. The number of benzene rings is 8. The van der Waals surface area contributed by atoms with Crippen LogP contribution < -0.4 is 4.90 Å². The summed E-state index contributed by atoms with van der Waals surface area (Å²) < 4.78 is 2.47. The average Bonchev–Trinajstić information content (AvgIpc) is 3.70. The zero-order valence-electron chi connectivity index (χ0n) is 33.9. The summed E-state index contributed by atoms with van der Waals surface area (Å²) >= 11 is 0. The van der Waals surface area contributed by atoms with Gasteiger partial charge in [-0.3, -0.25) is 9.97 Å². The van der Waals surface area contributed by atoms with Crippen molar-refractivity contribution >= 4 is 38.9 Å². The molecule has 4 heteroatoms. The summed E-state index contributed by atoms with van der Waals surface area (Å²) in [6.45, 7) is 0. The molecule has 0 N–H and O–H groups in total. The molecule has 0 aliphatic carbocycles. The summed E-state index contributed by atoms with van der Waals surface area (Å²) in [5.41, 5.74) is 18.2. The molecule has 11 rings (SSSR count). The van der Waals surface area contributed by atoms with Crippen molar-refractivity contribution in [3.63, 3.8) is 0 Å². The molecular weight excluding hydrogens is 753 g/mol. The highest BCUT2D eigenvalue weighted by Crippen LogP contribution is 2.45. The quantitative estimate of drug-likeness (QED) is 0.146. The van der Waals surface area contributed by atoms with E-state index >= 15 is 0 Å². The molecule has 0 saturated heterocycles. The van der Waals surface area contributed by atoms with Gasteiger partial charge in [-0.25, -0.2) is 0 Å². The molecule has 3 heterocycles. The Morgan fingerprint density at radius 1 is 0.339 bits per heavy atom. The Labute approximate surface area is 361 Å². The number of fused-ring (bicyclic) bond motifs is 3. The number of nitrogens with zero attached hydrogens (tertiary/aromatic N) is 4. The van der Waals surface area contributed by atoms with Crippen LogP contribution in [0, 0.1) is 0 Å². The molecule has 0 saturated carbocycles. The lowest BCUT2D eigenvalue weighted by molar-refractivity contribution is 1.17. The van der Waals surface area contributed by atoms with Crippen LogP contribution in [0.4, 0.5) is 17.1 Å². The van der Waals surface area contributed by atoms with E-state index in [-0.39, 0.29) is 0 Å². The van der Waals surface area contributed by atoms with Crippen LogP contribution in [-0.4, -0.2) is 14.5 Å². The lowest BCUT2D eigenvalue weighted by atomic mass is 9.93. The number of pyridine rings is 2. The van der Waals surface area contributed by atoms with E-state index in [1.54, 1.807) is 0 Å². The van der Waals surface area contributed by atoms with Crippen LogP contribution in [0.15, 0.2) is 243 Å². The summed E-state index contributed by atoms with van der Waals surface area (Å²) in [5.74, 6) is 0. The van der Waals surface area contributed by atoms with Gasteiger partial charge in [-0.15, -0.1) is 0 Å². The smallest absolute Gasteiger partial charge is 0.0620 e. The minimum absolute atomic E-state index is 1.06. The van der Waals surface area contributed by atoms with Gasteiger partial charge < -0.3 is 9.47 Å². The summed E-state index contributed by atoms with van der Waals surface area (Å²) in [6.07, 6.45) is 7.40. The largest absolute Gasteiger partial charge is 0.311 e. The first-order valence-corrected chi connectivity index (χ1v) is 21.0. The van der Waals surface area contributed by atoms with E-state index in [9.17, 15) is 0 Å². The van der Waals surface area contributed by atoms with E-state index in [0.29, 0.717) is 0 Å². The lowest BCUT2D eigenvalue weighted by Gasteiger charge is -2.26. The van der Waals surface area contributed by atoms with Gasteiger partial charge in [0, 0.05) is 63.9 Å². The predicted octanol–water partition coefficient (Wildman–Crippen LogP) is 15.4. The molecule has 8 aromatic carbocycles. The molecule has 4 nitrogen and oxygen atoms in total. The Kier molecular flexibility index (Phi) is 9.49. The maximum atomic E-state index is 4.36. The van der Waals surface area contributed by atoms with E-state index < -0.39 is 0 Å². The third-order valence-electron chi connectivity index (χ3n) is 11.8. The minimum Gasteiger partial charge on any atom is -0.311 e. The Bertz CT molecular complexity index is 3190. The van der Waals surface area contributed by atoms with Crippen molar-refractivity contribution < 1.29 is 0 Å². The van der Waals surface area contributed by atoms with E-state index in [0.717, 1.165) is 50.5 Å². The number of anilines is 3. The maximum Gasteiger partial charge on any atom is 0.0620 e. The van der Waals surface area contributed by atoms with Crippen molar-refractivity contribution in [1.29, 1.82) is 0 Å². The highest BCUT2D eigenvalue weighted by Gasteiger charge is 2.22. The lowest BCUT2D eigenvalue weighted by Crippen LogP contribution is -2.10. The Morgan fingerprint density at radius 3 is 1.45 bits per heavy atom. The molecule has 0 amide bonds. The highest BCUT2D eigenvalue weighted by molar-refractivity contribution is 6.20. The van der Waals surface area contributed by atoms with Crippen LogP contribution in [0.2, 0.25) is 0 Å². The number of hydrogen-bond acceptors (Lipinski definition) is 3. The Balaban J connectivity index is 1.10. The fourth-order valence-electron chi connectivity index (χ4n) is 8.84. The van der Waals surface area contributed by atoms with E-state index in [4.69, 9.17) is 0 Å². The summed E-state index contributed by atoms with van der Waals surface area (Å²) in [4.78, 5) is 10.9. The van der Waals surface area contributed by atoms with E-state index in [2.05, 4.69) is 220 Å². The van der Waals surface area contributed by atoms with Gasteiger partial charge in [0.15, 0.2) is 0 Å². The molecule has 0 spiro atoms. The first-order valence-electron chi connectivity index (χ1n) is 21.0. The summed E-state index contributed by atoms with van der Waals surface area (Å²) in [6, 6.07) is 78.5. The minimum atomic E-state index is 1.06. The van der Waals surface area contributed by atoms with E-state index in [1.165, 1.54) is 49.7 Å². The van der Waals surface area contributed by atoms with Crippen molar-refractivity contribution in [2.75, 3.05) is 4.90 Å². The normalized spacial score (nSPS) is 11.2. The second-order valence-corrected chi connectivity index (χ2v) is 15.5. The molecule has 292 valence electrons. The van der Waals surface area contributed by atoms with Crippen molar-refractivity contribution in [2.45, 2.75) is 0 Å². The molecule has 0 aliphatic heterocycles. The molecule has 0 aliphatic rings. The second-order valence-electron chi connectivity index (χ2n) is 15.5. The fraction of sp³-hybridized carbons (Fsp3) is 0. The van der Waals surface area contributed by atoms with Crippen LogP contribution >= 0.6 is 0 Å². The number of rotatable bonds is 9. The summed E-state index contributed by atoms with van der Waals surface area (Å²) in [5, 5.41) is 2.45. The predicted molar refractivity (Wildman–Crippen MR) is 258 cm³/mol. The topological polar surface area (TPSA) is 34.0 Å². The van der Waals surface area contributed by atoms with Gasteiger partial charge in [-0.2, -0.15) is 0 Å². The third-order valence-corrected chi connectivity index (χ3v) is 11.8. The monoisotopic (exact) mass is 792 g/mol. The van der Waals surface area contributed by atoms with Crippen molar-refractivity contribution in [3.8, 4) is 61.3 Å². The molecule has 0 atom stereocenters. The van der Waals surface area contributed by atoms with Crippen LogP contribution in [0.3, 0.4) is 0 Å². The molecule has 0 bridgehead atoms. The molecule has 11 aromatic rings. The second kappa shape index (κ2) is 16.0. The van der Waals surface area contributed by atoms with Crippen LogP contribution in [-0.2, 0) is 0 Å². The number of hydrogen-bond donors (Lipinski definition) is 0. The van der Waals surface area contributed by atoms with Crippen molar-refractivity contribution in [3.05, 3.63) is 243 Å². The third kappa shape index (κ3) is 6.80. The van der Waals surface area contributed by atoms with E-state index in [1.807, 2.05) is 43.0 Å². The zero-order chi connectivity index (χ0) is 41.2. The number of aromatic nitrogens is 3. The van der Waals surface area contributed by atoms with Gasteiger partial charge in [-0.1, -0.05) is 133 Å². The molecule has 62 heavy (non-hydrogen) atoms. The van der Waals surface area contributed by atoms with Gasteiger partial charge >= 0.3 is 0 Å². The van der Waals surface area contributed by atoms with Crippen LogP contribution in [0.5, 0.6) is 0 Å². The van der Waals surface area contributed by atoms with Crippen LogP contribution in [0.25, 0.3) is 83.1 Å². The summed E-state index contributed by atoms with van der Waals surface area (Å²) in [7, 11) is 0.